The fourth-order valence-corrected chi connectivity index (χ4v) is 3.13. The molecule has 1 aliphatic heterocycles. The van der Waals surface area contributed by atoms with Gasteiger partial charge in [0, 0.05) is 25.2 Å². The van der Waals surface area contributed by atoms with Gasteiger partial charge in [-0.3, -0.25) is 14.9 Å². The second-order valence-electron chi connectivity index (χ2n) is 6.41. The van der Waals surface area contributed by atoms with E-state index in [1.165, 1.54) is 12.1 Å². The third kappa shape index (κ3) is 4.59. The largest absolute Gasteiger partial charge is 0.481 e. The smallest absolute Gasteiger partial charge is 0.269 e. The highest BCUT2D eigenvalue weighted by Crippen LogP contribution is 2.21. The molecule has 6 nitrogen and oxygen atoms in total. The van der Waals surface area contributed by atoms with Gasteiger partial charge in [0.2, 0.25) is 0 Å². The van der Waals surface area contributed by atoms with Crippen molar-refractivity contribution in [3.8, 4) is 5.75 Å². The molecule has 0 aliphatic carbocycles. The van der Waals surface area contributed by atoms with E-state index in [-0.39, 0.29) is 11.6 Å². The lowest BCUT2D eigenvalue weighted by Gasteiger charge is -2.24. The predicted molar refractivity (Wildman–Crippen MR) is 98.1 cm³/mol. The molecule has 1 saturated heterocycles. The number of nitrogens with zero attached hydrogens (tertiary/aromatic N) is 2. The summed E-state index contributed by atoms with van der Waals surface area (Å²) in [7, 11) is 0. The number of likely N-dealkylation sites (tertiary alicyclic amines) is 1. The monoisotopic (exact) mass is 354 g/mol. The van der Waals surface area contributed by atoms with Crippen molar-refractivity contribution in [2.24, 2.45) is 0 Å². The van der Waals surface area contributed by atoms with E-state index in [4.69, 9.17) is 4.74 Å². The summed E-state index contributed by atoms with van der Waals surface area (Å²) in [5, 5.41) is 10.8. The van der Waals surface area contributed by atoms with Crippen LogP contribution in [0, 0.1) is 10.1 Å². The number of hydrogen-bond acceptors (Lipinski definition) is 4. The molecular formula is C20H22N2O4. The Labute approximate surface area is 152 Å². The van der Waals surface area contributed by atoms with Gasteiger partial charge >= 0.3 is 0 Å². The minimum Gasteiger partial charge on any atom is -0.481 e. The van der Waals surface area contributed by atoms with Gasteiger partial charge in [-0.15, -0.1) is 0 Å². The Morgan fingerprint density at radius 3 is 2.35 bits per heavy atom. The second-order valence-corrected chi connectivity index (χ2v) is 6.41. The molecule has 2 aromatic carbocycles. The standard InChI is InChI=1S/C20H22N2O4/c23-20(21-14-4-5-15-21)19(13-8-16-6-2-1-3-7-16)26-18-11-9-17(10-12-18)22(24)25/h1-3,6-7,9-12,19H,4-5,8,13-15H2. The number of rotatable bonds is 7. The Hall–Kier alpha value is -2.89. The van der Waals surface area contributed by atoms with Crippen LogP contribution in [0.3, 0.4) is 0 Å². The van der Waals surface area contributed by atoms with Crippen LogP contribution in [0.25, 0.3) is 0 Å². The lowest BCUT2D eigenvalue weighted by molar-refractivity contribution is -0.384. The highest BCUT2D eigenvalue weighted by molar-refractivity contribution is 5.81. The minimum absolute atomic E-state index is 0.00298. The lowest BCUT2D eigenvalue weighted by atomic mass is 10.1. The van der Waals surface area contributed by atoms with E-state index in [1.807, 2.05) is 35.2 Å². The fraction of sp³-hybridized carbons (Fsp3) is 0.350. The summed E-state index contributed by atoms with van der Waals surface area (Å²) >= 11 is 0. The highest BCUT2D eigenvalue weighted by Gasteiger charge is 2.28. The van der Waals surface area contributed by atoms with Crippen molar-refractivity contribution in [2.75, 3.05) is 13.1 Å². The Balaban J connectivity index is 1.70. The summed E-state index contributed by atoms with van der Waals surface area (Å²) in [6.07, 6.45) is 2.76. The summed E-state index contributed by atoms with van der Waals surface area (Å²) < 4.78 is 5.93. The summed E-state index contributed by atoms with van der Waals surface area (Å²) in [5.74, 6) is 0.470. The number of benzene rings is 2. The molecule has 26 heavy (non-hydrogen) atoms. The minimum atomic E-state index is -0.588. The van der Waals surface area contributed by atoms with Gasteiger partial charge < -0.3 is 9.64 Å². The summed E-state index contributed by atoms with van der Waals surface area (Å²) in [4.78, 5) is 25.0. The highest BCUT2D eigenvalue weighted by atomic mass is 16.6. The maximum Gasteiger partial charge on any atom is 0.269 e. The normalized spacial score (nSPS) is 14.8. The second kappa shape index (κ2) is 8.47. The molecule has 0 radical (unpaired) electrons. The van der Waals surface area contributed by atoms with Crippen LogP contribution in [0.1, 0.15) is 24.8 Å². The van der Waals surface area contributed by atoms with Crippen LogP contribution in [0.15, 0.2) is 54.6 Å². The average Bonchev–Trinajstić information content (AvgIpc) is 3.20. The number of nitro benzene ring substituents is 1. The predicted octanol–water partition coefficient (Wildman–Crippen LogP) is 3.60. The first-order valence-corrected chi connectivity index (χ1v) is 8.87. The maximum atomic E-state index is 12.8. The first kappa shape index (κ1) is 17.9. The van der Waals surface area contributed by atoms with Crippen molar-refractivity contribution in [3.05, 3.63) is 70.3 Å². The van der Waals surface area contributed by atoms with Crippen LogP contribution in [-0.2, 0) is 11.2 Å². The Morgan fingerprint density at radius 2 is 1.73 bits per heavy atom. The third-order valence-corrected chi connectivity index (χ3v) is 4.56. The van der Waals surface area contributed by atoms with Crippen LogP contribution < -0.4 is 4.74 Å². The topological polar surface area (TPSA) is 72.7 Å². The molecule has 0 spiro atoms. The number of ether oxygens (including phenoxy) is 1. The molecule has 1 heterocycles. The number of hydrogen-bond donors (Lipinski definition) is 0. The molecule has 1 aliphatic rings. The van der Waals surface area contributed by atoms with Crippen LogP contribution in [0.5, 0.6) is 5.75 Å². The summed E-state index contributed by atoms with van der Waals surface area (Å²) in [6.45, 7) is 1.54. The van der Waals surface area contributed by atoms with Crippen LogP contribution in [0.4, 0.5) is 5.69 Å². The number of nitro groups is 1. The molecule has 1 fully saturated rings. The lowest BCUT2D eigenvalue weighted by Crippen LogP contribution is -2.40. The van der Waals surface area contributed by atoms with Crippen molar-refractivity contribution in [2.45, 2.75) is 31.8 Å². The number of carbonyl (C=O) groups excluding carboxylic acids is 1. The molecule has 1 unspecified atom stereocenters. The molecular weight excluding hydrogens is 332 g/mol. The molecule has 3 rings (SSSR count). The zero-order chi connectivity index (χ0) is 18.4. The number of aryl methyl sites for hydroxylation is 1. The third-order valence-electron chi connectivity index (χ3n) is 4.56. The molecule has 6 heteroatoms. The van der Waals surface area contributed by atoms with E-state index >= 15 is 0 Å². The zero-order valence-corrected chi connectivity index (χ0v) is 14.5. The van der Waals surface area contributed by atoms with E-state index in [0.717, 1.165) is 37.9 Å². The maximum absolute atomic E-state index is 12.8. The van der Waals surface area contributed by atoms with Gasteiger partial charge in [0.05, 0.1) is 4.92 Å². The van der Waals surface area contributed by atoms with Gasteiger partial charge in [0.25, 0.3) is 11.6 Å². The summed E-state index contributed by atoms with van der Waals surface area (Å²) in [5.41, 5.74) is 1.16. The Kier molecular flexibility index (Phi) is 5.84. The number of amides is 1. The van der Waals surface area contributed by atoms with E-state index in [0.29, 0.717) is 12.2 Å². The van der Waals surface area contributed by atoms with Gasteiger partial charge in [-0.2, -0.15) is 0 Å². The van der Waals surface area contributed by atoms with Gasteiger partial charge in [-0.1, -0.05) is 30.3 Å². The van der Waals surface area contributed by atoms with E-state index in [2.05, 4.69) is 0 Å². The first-order valence-electron chi connectivity index (χ1n) is 8.87. The molecule has 2 aromatic rings. The van der Waals surface area contributed by atoms with E-state index < -0.39 is 11.0 Å². The molecule has 136 valence electrons. The molecule has 1 amide bonds. The molecule has 0 saturated carbocycles. The van der Waals surface area contributed by atoms with Crippen LogP contribution in [0.2, 0.25) is 0 Å². The van der Waals surface area contributed by atoms with Crippen molar-refractivity contribution in [1.29, 1.82) is 0 Å². The first-order chi connectivity index (χ1) is 12.6. The molecule has 0 N–H and O–H groups in total. The van der Waals surface area contributed by atoms with Crippen molar-refractivity contribution >= 4 is 11.6 Å². The molecule has 1 atom stereocenters. The van der Waals surface area contributed by atoms with Crippen molar-refractivity contribution in [1.82, 2.24) is 4.90 Å². The zero-order valence-electron chi connectivity index (χ0n) is 14.5. The van der Waals surface area contributed by atoms with Gasteiger partial charge in [0.1, 0.15) is 5.75 Å². The fourth-order valence-electron chi connectivity index (χ4n) is 3.13. The van der Waals surface area contributed by atoms with Gasteiger partial charge in [-0.25, -0.2) is 0 Å². The van der Waals surface area contributed by atoms with Gasteiger partial charge in [-0.05, 0) is 43.4 Å². The summed E-state index contributed by atoms with van der Waals surface area (Å²) in [6, 6.07) is 15.9. The Bertz CT molecular complexity index is 740. The van der Waals surface area contributed by atoms with E-state index in [1.54, 1.807) is 12.1 Å². The van der Waals surface area contributed by atoms with Gasteiger partial charge in [0.15, 0.2) is 6.10 Å². The van der Waals surface area contributed by atoms with E-state index in [9.17, 15) is 14.9 Å². The van der Waals surface area contributed by atoms with Crippen LogP contribution in [-0.4, -0.2) is 34.9 Å². The van der Waals surface area contributed by atoms with Crippen molar-refractivity contribution in [3.63, 3.8) is 0 Å². The van der Waals surface area contributed by atoms with Crippen LogP contribution >= 0.6 is 0 Å². The molecule has 0 aromatic heterocycles. The average molecular weight is 354 g/mol. The molecule has 0 bridgehead atoms. The Morgan fingerprint density at radius 1 is 1.08 bits per heavy atom. The number of carbonyl (C=O) groups is 1. The number of non-ortho nitro benzene ring substituents is 1. The quantitative estimate of drug-likeness (QED) is 0.562. The van der Waals surface area contributed by atoms with Crippen molar-refractivity contribution < 1.29 is 14.5 Å². The SMILES string of the molecule is O=C(C(CCc1ccccc1)Oc1ccc([N+](=O)[O-])cc1)N1CCCC1.